The Labute approximate surface area is 174 Å². The van der Waals surface area contributed by atoms with Crippen LogP contribution in [0.1, 0.15) is 36.5 Å². The van der Waals surface area contributed by atoms with Crippen LogP contribution in [-0.4, -0.2) is 30.9 Å². The van der Waals surface area contributed by atoms with E-state index in [1.807, 2.05) is 30.3 Å². The molecule has 1 aliphatic carbocycles. The number of ether oxygens (including phenoxy) is 1. The monoisotopic (exact) mass is 417 g/mol. The van der Waals surface area contributed by atoms with E-state index in [-0.39, 0.29) is 18.0 Å². The van der Waals surface area contributed by atoms with E-state index in [0.29, 0.717) is 16.5 Å². The highest BCUT2D eigenvalue weighted by Gasteiger charge is 2.50. The Balaban J connectivity index is 1.95. The van der Waals surface area contributed by atoms with E-state index in [9.17, 15) is 4.79 Å². The van der Waals surface area contributed by atoms with Gasteiger partial charge < -0.3 is 10.5 Å². The molecular formula is C21H21Cl2N3O2. The fourth-order valence-corrected chi connectivity index (χ4v) is 4.74. The number of carbonyl (C=O) groups is 1. The average molecular weight is 418 g/mol. The first-order valence-electron chi connectivity index (χ1n) is 9.13. The predicted molar refractivity (Wildman–Crippen MR) is 112 cm³/mol. The molecule has 2 aromatic carbocycles. The van der Waals surface area contributed by atoms with Crippen LogP contribution in [0.4, 0.5) is 0 Å². The molecule has 1 amide bonds. The quantitative estimate of drug-likeness (QED) is 0.780. The van der Waals surface area contributed by atoms with Crippen molar-refractivity contribution in [1.82, 2.24) is 4.90 Å². The lowest BCUT2D eigenvalue weighted by molar-refractivity contribution is -0.130. The highest BCUT2D eigenvalue weighted by molar-refractivity contribution is 6.35. The molecule has 1 heterocycles. The van der Waals surface area contributed by atoms with Gasteiger partial charge in [0.25, 0.3) is 5.91 Å². The molecule has 4 rings (SSSR count). The molecule has 1 unspecified atom stereocenters. The lowest BCUT2D eigenvalue weighted by Crippen LogP contribution is -2.40. The van der Waals surface area contributed by atoms with E-state index >= 15 is 0 Å². The number of benzene rings is 2. The maximum Gasteiger partial charge on any atom is 0.261 e. The first kappa shape index (κ1) is 19.2. The summed E-state index contributed by atoms with van der Waals surface area (Å²) in [5.74, 6) is 0.132. The summed E-state index contributed by atoms with van der Waals surface area (Å²) in [4.78, 5) is 19.3. The van der Waals surface area contributed by atoms with Crippen molar-refractivity contribution in [2.75, 3.05) is 14.2 Å². The number of hydrogen-bond donors (Lipinski definition) is 1. The largest absolute Gasteiger partial charge is 0.377 e. The van der Waals surface area contributed by atoms with Crippen molar-refractivity contribution in [3.63, 3.8) is 0 Å². The minimum Gasteiger partial charge on any atom is -0.377 e. The second kappa shape index (κ2) is 7.07. The summed E-state index contributed by atoms with van der Waals surface area (Å²) in [6.07, 6.45) is 2.12. The predicted octanol–water partition coefficient (Wildman–Crippen LogP) is 4.51. The van der Waals surface area contributed by atoms with Gasteiger partial charge in [-0.05, 0) is 65.8 Å². The Morgan fingerprint density at radius 3 is 2.50 bits per heavy atom. The number of hydrogen-bond acceptors (Lipinski definition) is 4. The lowest BCUT2D eigenvalue weighted by Gasteiger charge is -2.27. The van der Waals surface area contributed by atoms with Gasteiger partial charge in [0.2, 0.25) is 0 Å². The molecule has 7 heteroatoms. The van der Waals surface area contributed by atoms with Crippen molar-refractivity contribution in [2.45, 2.75) is 30.9 Å². The topological polar surface area (TPSA) is 67.9 Å². The molecular weight excluding hydrogens is 397 g/mol. The van der Waals surface area contributed by atoms with Gasteiger partial charge >= 0.3 is 0 Å². The summed E-state index contributed by atoms with van der Waals surface area (Å²) < 4.78 is 5.73. The Hall–Kier alpha value is -2.08. The zero-order valence-corrected chi connectivity index (χ0v) is 17.2. The third-order valence-corrected chi connectivity index (χ3v) is 6.07. The molecule has 1 spiro atoms. The Kier molecular flexibility index (Phi) is 4.86. The first-order chi connectivity index (χ1) is 13.4. The van der Waals surface area contributed by atoms with Gasteiger partial charge in [-0.1, -0.05) is 35.3 Å². The molecule has 1 aliphatic heterocycles. The molecule has 0 bridgehead atoms. The van der Waals surface area contributed by atoms with Crippen molar-refractivity contribution >= 4 is 35.1 Å². The second-order valence-electron chi connectivity index (χ2n) is 7.27. The summed E-state index contributed by atoms with van der Waals surface area (Å²) >= 11 is 12.4. The van der Waals surface area contributed by atoms with Crippen molar-refractivity contribution in [3.05, 3.63) is 57.6 Å². The van der Waals surface area contributed by atoms with Gasteiger partial charge in [0, 0.05) is 24.2 Å². The molecule has 28 heavy (non-hydrogen) atoms. The Morgan fingerprint density at radius 1 is 1.18 bits per heavy atom. The van der Waals surface area contributed by atoms with Gasteiger partial charge in [-0.3, -0.25) is 9.69 Å². The summed E-state index contributed by atoms with van der Waals surface area (Å²) in [5, 5.41) is 1.11. The summed E-state index contributed by atoms with van der Waals surface area (Å²) in [5.41, 5.74) is 8.61. The molecule has 0 radical (unpaired) electrons. The van der Waals surface area contributed by atoms with Crippen LogP contribution in [0.3, 0.4) is 0 Å². The first-order valence-corrected chi connectivity index (χ1v) is 9.88. The van der Waals surface area contributed by atoms with Gasteiger partial charge in [0.1, 0.15) is 0 Å². The molecule has 0 saturated carbocycles. The zero-order valence-electron chi connectivity index (χ0n) is 15.7. The number of rotatable bonds is 2. The van der Waals surface area contributed by atoms with Crippen LogP contribution in [0.25, 0.3) is 11.1 Å². The van der Waals surface area contributed by atoms with Crippen molar-refractivity contribution in [2.24, 2.45) is 10.7 Å². The fourth-order valence-electron chi connectivity index (χ4n) is 4.21. The number of nitrogens with zero attached hydrogens (tertiary/aromatic N) is 2. The van der Waals surface area contributed by atoms with Gasteiger partial charge in [-0.15, -0.1) is 0 Å². The molecule has 0 aromatic heterocycles. The van der Waals surface area contributed by atoms with E-state index in [0.717, 1.165) is 35.1 Å². The number of fused-ring (bicyclic) bond motifs is 2. The van der Waals surface area contributed by atoms with Crippen LogP contribution in [0.15, 0.2) is 41.4 Å². The maximum absolute atomic E-state index is 13.2. The van der Waals surface area contributed by atoms with Crippen molar-refractivity contribution in [1.29, 1.82) is 0 Å². The number of amides is 1. The Morgan fingerprint density at radius 2 is 1.89 bits per heavy atom. The number of aliphatic imine (C=N–C) groups is 1. The van der Waals surface area contributed by atoms with Crippen molar-refractivity contribution < 1.29 is 9.53 Å². The van der Waals surface area contributed by atoms with Crippen LogP contribution in [0.2, 0.25) is 10.0 Å². The molecule has 0 saturated heterocycles. The average Bonchev–Trinajstić information content (AvgIpc) is 2.81. The standard InChI is InChI=1S/C21H21Cl2N3O2/c1-26-19(27)21(25-20(26)24)7-3-4-18(28-2)16-6-5-12(10-17(16)21)13-8-14(22)11-15(23)9-13/h5-6,8-11,18H,3-4,7H2,1-2H3,(H2,24,25)/t18?,21-/m1/s1. The summed E-state index contributed by atoms with van der Waals surface area (Å²) in [7, 11) is 3.35. The van der Waals surface area contributed by atoms with Crippen LogP contribution >= 0.6 is 23.2 Å². The normalized spacial score (nSPS) is 24.3. The smallest absolute Gasteiger partial charge is 0.261 e. The van der Waals surface area contributed by atoms with E-state index in [2.05, 4.69) is 4.99 Å². The van der Waals surface area contributed by atoms with Gasteiger partial charge in [0.15, 0.2) is 11.5 Å². The highest BCUT2D eigenvalue weighted by Crippen LogP contribution is 2.46. The number of carbonyl (C=O) groups excluding carboxylic acids is 1. The number of methoxy groups -OCH3 is 1. The molecule has 146 valence electrons. The van der Waals surface area contributed by atoms with E-state index in [1.165, 1.54) is 4.90 Å². The van der Waals surface area contributed by atoms with Crippen LogP contribution in [0.5, 0.6) is 0 Å². The zero-order chi connectivity index (χ0) is 20.1. The molecule has 2 aromatic rings. The van der Waals surface area contributed by atoms with E-state index < -0.39 is 5.54 Å². The third kappa shape index (κ3) is 2.98. The molecule has 2 aliphatic rings. The minimum atomic E-state index is -1.01. The van der Waals surface area contributed by atoms with Gasteiger partial charge in [-0.2, -0.15) is 0 Å². The van der Waals surface area contributed by atoms with E-state index in [4.69, 9.17) is 33.7 Å². The van der Waals surface area contributed by atoms with Gasteiger partial charge in [0.05, 0.1) is 6.10 Å². The van der Waals surface area contributed by atoms with Crippen LogP contribution in [0, 0.1) is 0 Å². The number of guanidine groups is 1. The molecule has 2 atom stereocenters. The number of nitrogens with two attached hydrogens (primary N) is 1. The molecule has 5 nitrogen and oxygen atoms in total. The number of likely N-dealkylation sites (N-methyl/N-ethyl adjacent to an activating group) is 1. The van der Waals surface area contributed by atoms with Crippen LogP contribution < -0.4 is 5.73 Å². The fraction of sp³-hybridized carbons (Fsp3) is 0.333. The highest BCUT2D eigenvalue weighted by atomic mass is 35.5. The lowest BCUT2D eigenvalue weighted by atomic mass is 9.82. The van der Waals surface area contributed by atoms with Gasteiger partial charge in [-0.25, -0.2) is 4.99 Å². The second-order valence-corrected chi connectivity index (χ2v) is 8.14. The summed E-state index contributed by atoms with van der Waals surface area (Å²) in [6.45, 7) is 0. The van der Waals surface area contributed by atoms with Crippen molar-refractivity contribution in [3.8, 4) is 11.1 Å². The molecule has 2 N–H and O–H groups in total. The third-order valence-electron chi connectivity index (χ3n) is 5.64. The SMILES string of the molecule is COC1CCC[C@@]2(N=C(N)N(C)C2=O)c2cc(-c3cc(Cl)cc(Cl)c3)ccc21. The minimum absolute atomic E-state index is 0.0958. The number of halogens is 2. The summed E-state index contributed by atoms with van der Waals surface area (Å²) in [6, 6.07) is 11.4. The van der Waals surface area contributed by atoms with Crippen LogP contribution in [-0.2, 0) is 15.1 Å². The molecule has 0 fully saturated rings. The van der Waals surface area contributed by atoms with E-state index in [1.54, 1.807) is 20.2 Å². The Bertz CT molecular complexity index is 971. The maximum atomic E-state index is 13.2.